The van der Waals surface area contributed by atoms with Crippen molar-refractivity contribution in [2.45, 2.75) is 31.1 Å². The van der Waals surface area contributed by atoms with Crippen molar-refractivity contribution in [2.24, 2.45) is 0 Å². The second kappa shape index (κ2) is 5.69. The van der Waals surface area contributed by atoms with Gasteiger partial charge >= 0.3 is 0 Å². The monoisotopic (exact) mass is 378 g/mol. The summed E-state index contributed by atoms with van der Waals surface area (Å²) in [6.45, 7) is 2.47. The summed E-state index contributed by atoms with van der Waals surface area (Å²) in [7, 11) is -3.76. The minimum atomic E-state index is -3.76. The van der Waals surface area contributed by atoms with Crippen LogP contribution in [0, 0.1) is 6.92 Å². The Labute approximate surface area is 150 Å². The predicted molar refractivity (Wildman–Crippen MR) is 92.4 cm³/mol. The number of hydrogen-bond acceptors (Lipinski definition) is 5. The van der Waals surface area contributed by atoms with E-state index in [9.17, 15) is 13.2 Å². The Morgan fingerprint density at radius 1 is 1.32 bits per heavy atom. The number of benzene rings is 1. The fourth-order valence-electron chi connectivity index (χ4n) is 3.08. The number of anilines is 1. The molecular weight excluding hydrogens is 364 g/mol. The zero-order valence-corrected chi connectivity index (χ0v) is 14.9. The van der Waals surface area contributed by atoms with E-state index in [1.165, 1.54) is 11.0 Å². The Balaban J connectivity index is 1.62. The number of carbonyl (C=O) groups is 1. The number of pyridine rings is 1. The zero-order chi connectivity index (χ0) is 17.8. The SMILES string of the molecule is Cc1ccc2c(c1)NC(C(=O)N1Cc3nccc(Cl)c3C1)NS2(=O)=O. The first-order chi connectivity index (χ1) is 11.8. The standard InChI is InChI=1S/C16H15ClN4O3S/c1-9-2-3-14-12(6-9)19-15(20-25(14,23)24)16(22)21-7-10-11(17)4-5-18-13(10)8-21/h2-6,15,19-20H,7-8H2,1H3. The summed E-state index contributed by atoms with van der Waals surface area (Å²) in [5.74, 6) is -0.371. The molecule has 1 atom stereocenters. The summed E-state index contributed by atoms with van der Waals surface area (Å²) in [6, 6.07) is 6.63. The third-order valence-corrected chi connectivity index (χ3v) is 6.17. The number of carbonyl (C=O) groups excluding carboxylic acids is 1. The highest BCUT2D eigenvalue weighted by molar-refractivity contribution is 7.89. The molecule has 1 unspecified atom stereocenters. The van der Waals surface area contributed by atoms with Gasteiger partial charge in [0.1, 0.15) is 4.90 Å². The third-order valence-electron chi connectivity index (χ3n) is 4.33. The zero-order valence-electron chi connectivity index (χ0n) is 13.3. The third kappa shape index (κ3) is 2.76. The van der Waals surface area contributed by atoms with Crippen molar-refractivity contribution in [2.75, 3.05) is 5.32 Å². The normalized spacial score (nSPS) is 20.6. The Kier molecular flexibility index (Phi) is 3.71. The molecule has 0 spiro atoms. The number of nitrogens with zero attached hydrogens (tertiary/aromatic N) is 2. The molecule has 2 aliphatic rings. The molecule has 1 aromatic carbocycles. The summed E-state index contributed by atoms with van der Waals surface area (Å²) in [6.07, 6.45) is 0.530. The molecule has 2 N–H and O–H groups in total. The number of nitrogens with one attached hydrogen (secondary N) is 2. The van der Waals surface area contributed by atoms with Crippen LogP contribution in [0.5, 0.6) is 0 Å². The van der Waals surface area contributed by atoms with Crippen LogP contribution < -0.4 is 10.0 Å². The Bertz CT molecular complexity index is 993. The van der Waals surface area contributed by atoms with Crippen molar-refractivity contribution in [1.29, 1.82) is 0 Å². The molecule has 0 bridgehead atoms. The molecule has 0 saturated carbocycles. The van der Waals surface area contributed by atoms with Crippen LogP contribution in [-0.2, 0) is 27.9 Å². The van der Waals surface area contributed by atoms with Crippen LogP contribution in [0.2, 0.25) is 5.02 Å². The van der Waals surface area contributed by atoms with Gasteiger partial charge in [-0.05, 0) is 30.7 Å². The molecule has 1 aromatic heterocycles. The van der Waals surface area contributed by atoms with Gasteiger partial charge < -0.3 is 10.2 Å². The van der Waals surface area contributed by atoms with Gasteiger partial charge in [0.25, 0.3) is 5.91 Å². The van der Waals surface area contributed by atoms with Gasteiger partial charge in [-0.15, -0.1) is 0 Å². The van der Waals surface area contributed by atoms with E-state index in [4.69, 9.17) is 11.6 Å². The number of fused-ring (bicyclic) bond motifs is 2. The topological polar surface area (TPSA) is 91.4 Å². The van der Waals surface area contributed by atoms with Crippen LogP contribution in [0.15, 0.2) is 35.4 Å². The van der Waals surface area contributed by atoms with E-state index in [0.29, 0.717) is 23.8 Å². The highest BCUT2D eigenvalue weighted by atomic mass is 35.5. The van der Waals surface area contributed by atoms with Crippen molar-refractivity contribution in [1.82, 2.24) is 14.6 Å². The first kappa shape index (κ1) is 16.3. The van der Waals surface area contributed by atoms with Gasteiger partial charge in [-0.25, -0.2) is 8.42 Å². The fourth-order valence-corrected chi connectivity index (χ4v) is 4.56. The van der Waals surface area contributed by atoms with Gasteiger partial charge in [0.05, 0.1) is 17.9 Å². The van der Waals surface area contributed by atoms with Crippen LogP contribution in [-0.4, -0.2) is 30.4 Å². The van der Waals surface area contributed by atoms with Crippen LogP contribution in [0.3, 0.4) is 0 Å². The highest BCUT2D eigenvalue weighted by Crippen LogP contribution is 2.30. The van der Waals surface area contributed by atoms with Crippen molar-refractivity contribution in [3.05, 3.63) is 52.3 Å². The van der Waals surface area contributed by atoms with Crippen molar-refractivity contribution in [3.63, 3.8) is 0 Å². The molecule has 0 fully saturated rings. The number of sulfonamides is 1. The first-order valence-corrected chi connectivity index (χ1v) is 9.52. The Morgan fingerprint density at radius 3 is 2.88 bits per heavy atom. The minimum Gasteiger partial charge on any atom is -0.360 e. The second-order valence-electron chi connectivity index (χ2n) is 6.11. The van der Waals surface area contributed by atoms with Crippen molar-refractivity contribution >= 4 is 33.2 Å². The Hall–Kier alpha value is -2.16. The maximum absolute atomic E-state index is 12.8. The van der Waals surface area contributed by atoms with E-state index < -0.39 is 16.2 Å². The number of aryl methyl sites for hydroxylation is 1. The van der Waals surface area contributed by atoms with Gasteiger partial charge in [-0.3, -0.25) is 9.78 Å². The van der Waals surface area contributed by atoms with Crippen LogP contribution in [0.1, 0.15) is 16.8 Å². The quantitative estimate of drug-likeness (QED) is 0.786. The average Bonchev–Trinajstić information content (AvgIpc) is 2.98. The first-order valence-electron chi connectivity index (χ1n) is 7.66. The smallest absolute Gasteiger partial charge is 0.261 e. The van der Waals surface area contributed by atoms with Crippen molar-refractivity contribution in [3.8, 4) is 0 Å². The van der Waals surface area contributed by atoms with E-state index in [0.717, 1.165) is 16.8 Å². The minimum absolute atomic E-state index is 0.136. The highest BCUT2D eigenvalue weighted by Gasteiger charge is 2.37. The predicted octanol–water partition coefficient (Wildman–Crippen LogP) is 1.62. The molecule has 7 nitrogen and oxygen atoms in total. The van der Waals surface area contributed by atoms with Crippen molar-refractivity contribution < 1.29 is 13.2 Å². The van der Waals surface area contributed by atoms with E-state index in [1.807, 2.05) is 6.92 Å². The lowest BCUT2D eigenvalue weighted by Gasteiger charge is -2.30. The summed E-state index contributed by atoms with van der Waals surface area (Å²) >= 11 is 6.15. The van der Waals surface area contributed by atoms with Gasteiger partial charge in [0.2, 0.25) is 10.0 Å². The van der Waals surface area contributed by atoms with Gasteiger partial charge in [0, 0.05) is 23.3 Å². The molecule has 4 rings (SSSR count). The van der Waals surface area contributed by atoms with Gasteiger partial charge in [-0.2, -0.15) is 4.72 Å². The molecule has 9 heteroatoms. The largest absolute Gasteiger partial charge is 0.360 e. The molecular formula is C16H15ClN4O3S. The summed E-state index contributed by atoms with van der Waals surface area (Å²) in [4.78, 5) is 18.7. The molecule has 0 saturated heterocycles. The fraction of sp³-hybridized carbons (Fsp3) is 0.250. The maximum Gasteiger partial charge on any atom is 0.261 e. The van der Waals surface area contributed by atoms with Crippen LogP contribution in [0.25, 0.3) is 0 Å². The molecule has 130 valence electrons. The molecule has 1 amide bonds. The number of amides is 1. The number of halogens is 1. The second-order valence-corrected chi connectivity index (χ2v) is 8.20. The summed E-state index contributed by atoms with van der Waals surface area (Å²) in [5, 5.41) is 3.53. The van der Waals surface area contributed by atoms with E-state index in [1.54, 1.807) is 24.4 Å². The summed E-state index contributed by atoms with van der Waals surface area (Å²) < 4.78 is 27.3. The summed E-state index contributed by atoms with van der Waals surface area (Å²) in [5.41, 5.74) is 2.85. The van der Waals surface area contributed by atoms with Gasteiger partial charge in [-0.1, -0.05) is 17.7 Å². The lowest BCUT2D eigenvalue weighted by molar-refractivity contribution is -0.133. The molecule has 0 aliphatic carbocycles. The molecule has 2 aliphatic heterocycles. The van der Waals surface area contributed by atoms with Crippen LogP contribution >= 0.6 is 11.6 Å². The average molecular weight is 379 g/mol. The number of aromatic nitrogens is 1. The lowest BCUT2D eigenvalue weighted by Crippen LogP contribution is -2.53. The van der Waals surface area contributed by atoms with E-state index in [2.05, 4.69) is 15.0 Å². The van der Waals surface area contributed by atoms with E-state index >= 15 is 0 Å². The molecule has 0 radical (unpaired) electrons. The molecule has 3 heterocycles. The Morgan fingerprint density at radius 2 is 2.12 bits per heavy atom. The van der Waals surface area contributed by atoms with Gasteiger partial charge in [0.15, 0.2) is 6.17 Å². The lowest BCUT2D eigenvalue weighted by atomic mass is 10.2. The molecule has 2 aromatic rings. The maximum atomic E-state index is 12.8. The number of hydrogen-bond donors (Lipinski definition) is 2. The number of rotatable bonds is 1. The van der Waals surface area contributed by atoms with Crippen LogP contribution in [0.4, 0.5) is 5.69 Å². The molecule has 25 heavy (non-hydrogen) atoms. The van der Waals surface area contributed by atoms with E-state index in [-0.39, 0.29) is 10.8 Å².